The predicted molar refractivity (Wildman–Crippen MR) is 127 cm³/mol. The summed E-state index contributed by atoms with van der Waals surface area (Å²) in [5, 5.41) is 0. The number of fused-ring (bicyclic) bond motifs is 1. The fraction of sp³-hybridized carbons (Fsp3) is 0.240. The number of ether oxygens (including phenoxy) is 2. The number of sulfonamides is 1. The number of para-hydroxylation sites is 1. The van der Waals surface area contributed by atoms with Crippen LogP contribution in [0.2, 0.25) is 0 Å². The van der Waals surface area contributed by atoms with Crippen LogP contribution in [0.3, 0.4) is 0 Å². The normalized spacial score (nSPS) is 12.8. The van der Waals surface area contributed by atoms with Crippen LogP contribution in [-0.4, -0.2) is 53.1 Å². The van der Waals surface area contributed by atoms with Crippen molar-refractivity contribution in [2.24, 2.45) is 0 Å². The van der Waals surface area contributed by atoms with Crippen molar-refractivity contribution < 1.29 is 22.7 Å². The zero-order valence-corrected chi connectivity index (χ0v) is 19.4. The van der Waals surface area contributed by atoms with Crippen LogP contribution < -0.4 is 13.8 Å². The number of hydrogen-bond donors (Lipinski definition) is 0. The van der Waals surface area contributed by atoms with Crippen molar-refractivity contribution >= 4 is 21.6 Å². The molecule has 0 spiro atoms. The first-order chi connectivity index (χ1) is 15.9. The van der Waals surface area contributed by atoms with Gasteiger partial charge >= 0.3 is 0 Å². The van der Waals surface area contributed by atoms with Crippen molar-refractivity contribution in [2.45, 2.75) is 11.3 Å². The van der Waals surface area contributed by atoms with E-state index in [2.05, 4.69) is 0 Å². The maximum atomic E-state index is 13.3. The van der Waals surface area contributed by atoms with E-state index in [4.69, 9.17) is 9.47 Å². The van der Waals surface area contributed by atoms with Crippen molar-refractivity contribution in [1.82, 2.24) is 4.90 Å². The lowest BCUT2D eigenvalue weighted by molar-refractivity contribution is 0.0773. The lowest BCUT2D eigenvalue weighted by Crippen LogP contribution is -2.32. The molecule has 1 aliphatic heterocycles. The number of anilines is 1. The first kappa shape index (κ1) is 22.7. The Morgan fingerprint density at radius 1 is 1.00 bits per heavy atom. The highest BCUT2D eigenvalue weighted by Crippen LogP contribution is 2.32. The molecular formula is C25H26N2O5S. The minimum Gasteiger partial charge on any atom is -0.497 e. The fourth-order valence-corrected chi connectivity index (χ4v) is 5.32. The van der Waals surface area contributed by atoms with E-state index in [0.29, 0.717) is 43.1 Å². The lowest BCUT2D eigenvalue weighted by Gasteiger charge is -2.21. The molecule has 0 aliphatic carbocycles. The molecule has 1 heterocycles. The second-order valence-corrected chi connectivity index (χ2v) is 9.60. The van der Waals surface area contributed by atoms with Gasteiger partial charge in [-0.05, 0) is 60.5 Å². The maximum Gasteiger partial charge on any atom is 0.264 e. The number of benzene rings is 3. The van der Waals surface area contributed by atoms with Crippen molar-refractivity contribution in [3.8, 4) is 11.5 Å². The Bertz CT molecular complexity index is 1240. The second kappa shape index (κ2) is 9.54. The van der Waals surface area contributed by atoms with Crippen LogP contribution in [0.4, 0.5) is 5.69 Å². The third-order valence-electron chi connectivity index (χ3n) is 5.62. The van der Waals surface area contributed by atoms with Gasteiger partial charge in [-0.2, -0.15) is 0 Å². The van der Waals surface area contributed by atoms with Crippen molar-refractivity contribution in [2.75, 3.05) is 38.2 Å². The first-order valence-corrected chi connectivity index (χ1v) is 12.1. The smallest absolute Gasteiger partial charge is 0.264 e. The highest BCUT2D eigenvalue weighted by molar-refractivity contribution is 7.92. The number of rotatable bonds is 8. The highest BCUT2D eigenvalue weighted by atomic mass is 32.2. The zero-order chi connectivity index (χ0) is 23.4. The number of hydrogen-bond acceptors (Lipinski definition) is 5. The number of amides is 1. The molecule has 7 nitrogen and oxygen atoms in total. The predicted octanol–water partition coefficient (Wildman–Crippen LogP) is 3.60. The van der Waals surface area contributed by atoms with Crippen LogP contribution in [0, 0.1) is 0 Å². The van der Waals surface area contributed by atoms with E-state index in [0.717, 1.165) is 11.3 Å². The van der Waals surface area contributed by atoms with E-state index in [9.17, 15) is 13.2 Å². The van der Waals surface area contributed by atoms with Crippen LogP contribution >= 0.6 is 0 Å². The quantitative estimate of drug-likeness (QED) is 0.507. The molecule has 3 aromatic carbocycles. The SMILES string of the molecule is COc1ccc(OCCN(C)C(=O)c2cccc(S(=O)(=O)N3CCc4ccccc43)c2)cc1. The van der Waals surface area contributed by atoms with Gasteiger partial charge in [0.15, 0.2) is 0 Å². The van der Waals surface area contributed by atoms with Gasteiger partial charge in [0, 0.05) is 19.2 Å². The van der Waals surface area contributed by atoms with E-state index in [1.54, 1.807) is 50.6 Å². The molecule has 33 heavy (non-hydrogen) atoms. The molecule has 8 heteroatoms. The largest absolute Gasteiger partial charge is 0.497 e. The summed E-state index contributed by atoms with van der Waals surface area (Å²) in [6, 6.07) is 20.9. The Morgan fingerprint density at radius 3 is 2.48 bits per heavy atom. The number of likely N-dealkylation sites (N-methyl/N-ethyl adjacent to an activating group) is 1. The van der Waals surface area contributed by atoms with Crippen LogP contribution in [0.1, 0.15) is 15.9 Å². The summed E-state index contributed by atoms with van der Waals surface area (Å²) in [5.41, 5.74) is 2.02. The lowest BCUT2D eigenvalue weighted by atomic mass is 10.2. The van der Waals surface area contributed by atoms with E-state index in [1.807, 2.05) is 24.3 Å². The number of carbonyl (C=O) groups is 1. The zero-order valence-electron chi connectivity index (χ0n) is 18.6. The minimum atomic E-state index is -3.76. The summed E-state index contributed by atoms with van der Waals surface area (Å²) in [5.74, 6) is 1.14. The van der Waals surface area contributed by atoms with E-state index < -0.39 is 10.0 Å². The van der Waals surface area contributed by atoms with Crippen LogP contribution in [-0.2, 0) is 16.4 Å². The Kier molecular flexibility index (Phi) is 6.55. The van der Waals surface area contributed by atoms with Gasteiger partial charge < -0.3 is 14.4 Å². The van der Waals surface area contributed by atoms with Crippen LogP contribution in [0.15, 0.2) is 77.7 Å². The number of carbonyl (C=O) groups excluding carboxylic acids is 1. The number of nitrogens with zero attached hydrogens (tertiary/aromatic N) is 2. The molecule has 1 aliphatic rings. The minimum absolute atomic E-state index is 0.105. The Hall–Kier alpha value is -3.52. The molecule has 3 aromatic rings. The molecule has 0 N–H and O–H groups in total. The fourth-order valence-electron chi connectivity index (χ4n) is 3.77. The maximum absolute atomic E-state index is 13.3. The Labute approximate surface area is 194 Å². The number of methoxy groups -OCH3 is 1. The average molecular weight is 467 g/mol. The van der Waals surface area contributed by atoms with Gasteiger partial charge in [-0.1, -0.05) is 24.3 Å². The summed E-state index contributed by atoms with van der Waals surface area (Å²) < 4.78 is 38.8. The molecule has 0 atom stereocenters. The van der Waals surface area contributed by atoms with Crippen LogP contribution in [0.25, 0.3) is 0 Å². The van der Waals surface area contributed by atoms with Crippen molar-refractivity contribution in [3.05, 3.63) is 83.9 Å². The summed E-state index contributed by atoms with van der Waals surface area (Å²) >= 11 is 0. The van der Waals surface area contributed by atoms with Gasteiger partial charge in [0.1, 0.15) is 18.1 Å². The van der Waals surface area contributed by atoms with Crippen LogP contribution in [0.5, 0.6) is 11.5 Å². The molecule has 0 unspecified atom stereocenters. The van der Waals surface area contributed by atoms with Crippen molar-refractivity contribution in [3.63, 3.8) is 0 Å². The molecule has 0 fully saturated rings. The molecule has 4 rings (SSSR count). The standard InChI is InChI=1S/C25H26N2O5S/c1-26(16-17-32-22-12-10-21(31-2)11-13-22)25(28)20-7-5-8-23(18-20)33(29,30)27-15-14-19-6-3-4-9-24(19)27/h3-13,18H,14-17H2,1-2H3. The highest BCUT2D eigenvalue weighted by Gasteiger charge is 2.31. The Morgan fingerprint density at radius 2 is 1.73 bits per heavy atom. The van der Waals surface area contributed by atoms with Crippen molar-refractivity contribution in [1.29, 1.82) is 0 Å². The molecule has 172 valence electrons. The molecule has 0 saturated heterocycles. The Balaban J connectivity index is 1.42. The molecule has 0 radical (unpaired) electrons. The monoisotopic (exact) mass is 466 g/mol. The van der Waals surface area contributed by atoms with Gasteiger partial charge in [-0.15, -0.1) is 0 Å². The van der Waals surface area contributed by atoms with Gasteiger partial charge in [0.25, 0.3) is 15.9 Å². The molecular weight excluding hydrogens is 440 g/mol. The van der Waals surface area contributed by atoms with Gasteiger partial charge in [0.2, 0.25) is 0 Å². The first-order valence-electron chi connectivity index (χ1n) is 10.6. The van der Waals surface area contributed by atoms with Gasteiger partial charge in [0.05, 0.1) is 24.2 Å². The second-order valence-electron chi connectivity index (χ2n) is 7.73. The summed E-state index contributed by atoms with van der Waals surface area (Å²) in [4.78, 5) is 14.5. The van der Waals surface area contributed by atoms with E-state index in [-0.39, 0.29) is 10.8 Å². The van der Waals surface area contributed by atoms with Gasteiger partial charge in [-0.25, -0.2) is 8.42 Å². The van der Waals surface area contributed by atoms with E-state index in [1.165, 1.54) is 21.3 Å². The third kappa shape index (κ3) is 4.80. The molecule has 0 saturated carbocycles. The molecule has 1 amide bonds. The summed E-state index contributed by atoms with van der Waals surface area (Å²) in [6.45, 7) is 1.04. The summed E-state index contributed by atoms with van der Waals surface area (Å²) in [7, 11) is -0.503. The summed E-state index contributed by atoms with van der Waals surface area (Å²) in [6.07, 6.45) is 0.672. The molecule has 0 aromatic heterocycles. The van der Waals surface area contributed by atoms with E-state index >= 15 is 0 Å². The topological polar surface area (TPSA) is 76.1 Å². The molecule has 0 bridgehead atoms. The third-order valence-corrected chi connectivity index (χ3v) is 7.42. The average Bonchev–Trinajstić information content (AvgIpc) is 3.29. The van der Waals surface area contributed by atoms with Gasteiger partial charge in [-0.3, -0.25) is 9.10 Å².